The van der Waals surface area contributed by atoms with Gasteiger partial charge in [-0.25, -0.2) is 9.37 Å². The van der Waals surface area contributed by atoms with Crippen molar-refractivity contribution >= 4 is 5.95 Å². The van der Waals surface area contributed by atoms with Crippen LogP contribution in [0.3, 0.4) is 0 Å². The second kappa shape index (κ2) is 3.87. The minimum atomic E-state index is -0.141. The van der Waals surface area contributed by atoms with Crippen LogP contribution in [0.2, 0.25) is 0 Å². The fraction of sp³-hybridized carbons (Fsp3) is 0.308. The molecule has 1 unspecified atom stereocenters. The second-order valence-corrected chi connectivity index (χ2v) is 4.44. The maximum atomic E-state index is 13.5. The van der Waals surface area contributed by atoms with E-state index in [4.69, 9.17) is 0 Å². The van der Waals surface area contributed by atoms with Crippen molar-refractivity contribution in [1.82, 2.24) is 9.55 Å². The highest BCUT2D eigenvalue weighted by molar-refractivity contribution is 5.36. The third-order valence-corrected chi connectivity index (χ3v) is 3.28. The molecular weight excluding hydrogens is 217 g/mol. The Balaban J connectivity index is 1.89. The molecule has 88 valence electrons. The topological polar surface area (TPSA) is 29.9 Å². The van der Waals surface area contributed by atoms with Gasteiger partial charge in [-0.3, -0.25) is 0 Å². The van der Waals surface area contributed by atoms with Gasteiger partial charge in [0.25, 0.3) is 0 Å². The first-order valence-corrected chi connectivity index (χ1v) is 5.78. The molecule has 1 aromatic heterocycles. The van der Waals surface area contributed by atoms with E-state index < -0.39 is 0 Å². The number of fused-ring (bicyclic) bond motifs is 1. The molecule has 1 aliphatic heterocycles. The van der Waals surface area contributed by atoms with Crippen LogP contribution in [0.1, 0.15) is 23.6 Å². The van der Waals surface area contributed by atoms with Gasteiger partial charge in [-0.15, -0.1) is 0 Å². The molecule has 2 heterocycles. The predicted molar refractivity (Wildman–Crippen MR) is 64.3 cm³/mol. The quantitative estimate of drug-likeness (QED) is 0.817. The first-order valence-electron chi connectivity index (χ1n) is 5.78. The molecule has 4 heteroatoms. The molecule has 0 radical (unpaired) electrons. The summed E-state index contributed by atoms with van der Waals surface area (Å²) < 4.78 is 15.6. The zero-order valence-corrected chi connectivity index (χ0v) is 9.65. The number of anilines is 1. The van der Waals surface area contributed by atoms with Crippen LogP contribution < -0.4 is 5.32 Å². The molecule has 1 aliphatic rings. The van der Waals surface area contributed by atoms with Gasteiger partial charge in [-0.05, 0) is 30.5 Å². The lowest BCUT2D eigenvalue weighted by atomic mass is 10.0. The van der Waals surface area contributed by atoms with Crippen LogP contribution in [0.4, 0.5) is 10.3 Å². The molecule has 3 rings (SSSR count). The molecule has 0 saturated heterocycles. The largest absolute Gasteiger partial charge is 0.349 e. The van der Waals surface area contributed by atoms with Crippen LogP contribution in [0.25, 0.3) is 0 Å². The van der Waals surface area contributed by atoms with Gasteiger partial charge >= 0.3 is 0 Å². The number of nitrogens with one attached hydrogen (secondary N) is 1. The molecule has 1 atom stereocenters. The highest BCUT2D eigenvalue weighted by atomic mass is 19.1. The highest BCUT2D eigenvalue weighted by Crippen LogP contribution is 2.28. The summed E-state index contributed by atoms with van der Waals surface area (Å²) in [6, 6.07) is 5.58. The van der Waals surface area contributed by atoms with E-state index in [0.717, 1.165) is 24.5 Å². The fourth-order valence-electron chi connectivity index (χ4n) is 2.20. The van der Waals surface area contributed by atoms with Gasteiger partial charge in [-0.2, -0.15) is 0 Å². The van der Waals surface area contributed by atoms with Gasteiger partial charge in [0.2, 0.25) is 5.95 Å². The Bertz CT molecular complexity index is 547. The van der Waals surface area contributed by atoms with E-state index in [2.05, 4.69) is 14.9 Å². The Morgan fingerprint density at radius 1 is 1.47 bits per heavy atom. The van der Waals surface area contributed by atoms with Crippen molar-refractivity contribution in [2.24, 2.45) is 0 Å². The number of hydrogen-bond donors (Lipinski definition) is 1. The number of hydrogen-bond acceptors (Lipinski definition) is 2. The van der Waals surface area contributed by atoms with Crippen molar-refractivity contribution < 1.29 is 4.39 Å². The van der Waals surface area contributed by atoms with Gasteiger partial charge in [0.1, 0.15) is 5.82 Å². The number of halogens is 1. The molecule has 0 bridgehead atoms. The Kier molecular flexibility index (Phi) is 2.35. The van der Waals surface area contributed by atoms with Crippen molar-refractivity contribution in [3.63, 3.8) is 0 Å². The van der Waals surface area contributed by atoms with E-state index in [1.165, 1.54) is 0 Å². The maximum absolute atomic E-state index is 13.5. The van der Waals surface area contributed by atoms with Crippen molar-refractivity contribution in [3.8, 4) is 0 Å². The Morgan fingerprint density at radius 2 is 2.35 bits per heavy atom. The monoisotopic (exact) mass is 231 g/mol. The summed E-state index contributed by atoms with van der Waals surface area (Å²) in [7, 11) is 0. The standard InChI is InChI=1S/C13H14FN3/c1-9-2-3-10(8-11(9)14)12-4-6-17-7-5-15-13(17)16-12/h2-3,5,7-8,12H,4,6H2,1H3,(H,15,16). The van der Waals surface area contributed by atoms with Crippen molar-refractivity contribution in [3.05, 3.63) is 47.5 Å². The van der Waals surface area contributed by atoms with Gasteiger partial charge in [0.15, 0.2) is 0 Å². The van der Waals surface area contributed by atoms with E-state index in [1.54, 1.807) is 19.2 Å². The predicted octanol–water partition coefficient (Wildman–Crippen LogP) is 2.89. The number of nitrogens with zero attached hydrogens (tertiary/aromatic N) is 2. The molecule has 0 spiro atoms. The zero-order chi connectivity index (χ0) is 11.8. The van der Waals surface area contributed by atoms with Crippen LogP contribution in [-0.2, 0) is 6.54 Å². The number of benzene rings is 1. The molecule has 0 saturated carbocycles. The molecule has 2 aromatic rings. The third-order valence-electron chi connectivity index (χ3n) is 3.28. The van der Waals surface area contributed by atoms with Gasteiger partial charge < -0.3 is 9.88 Å². The Hall–Kier alpha value is -1.84. The smallest absolute Gasteiger partial charge is 0.203 e. The van der Waals surface area contributed by atoms with Crippen LogP contribution in [0, 0.1) is 12.7 Å². The van der Waals surface area contributed by atoms with Gasteiger partial charge in [0, 0.05) is 18.9 Å². The lowest BCUT2D eigenvalue weighted by Gasteiger charge is -2.26. The Labute approximate surface area is 99.3 Å². The lowest BCUT2D eigenvalue weighted by Crippen LogP contribution is -2.22. The van der Waals surface area contributed by atoms with Gasteiger partial charge in [-0.1, -0.05) is 12.1 Å². The molecular formula is C13H14FN3. The first-order chi connectivity index (χ1) is 8.24. The summed E-state index contributed by atoms with van der Waals surface area (Å²) in [6.45, 7) is 2.70. The third kappa shape index (κ3) is 1.79. The van der Waals surface area contributed by atoms with E-state index >= 15 is 0 Å². The Morgan fingerprint density at radius 3 is 3.18 bits per heavy atom. The minimum absolute atomic E-state index is 0.141. The summed E-state index contributed by atoms with van der Waals surface area (Å²) in [5.74, 6) is 0.723. The molecule has 0 fully saturated rings. The summed E-state index contributed by atoms with van der Waals surface area (Å²) in [5, 5.41) is 3.33. The summed E-state index contributed by atoms with van der Waals surface area (Å²) >= 11 is 0. The average Bonchev–Trinajstić information content (AvgIpc) is 2.79. The summed E-state index contributed by atoms with van der Waals surface area (Å²) in [5.41, 5.74) is 1.67. The van der Waals surface area contributed by atoms with Crippen molar-refractivity contribution in [2.45, 2.75) is 25.9 Å². The normalized spacial score (nSPS) is 18.6. The van der Waals surface area contributed by atoms with Crippen LogP contribution in [0.5, 0.6) is 0 Å². The summed E-state index contributed by atoms with van der Waals surface area (Å²) in [4.78, 5) is 4.23. The van der Waals surface area contributed by atoms with Crippen molar-refractivity contribution in [1.29, 1.82) is 0 Å². The molecule has 1 N–H and O–H groups in total. The highest BCUT2D eigenvalue weighted by Gasteiger charge is 2.19. The fourth-order valence-corrected chi connectivity index (χ4v) is 2.20. The van der Waals surface area contributed by atoms with Crippen LogP contribution in [-0.4, -0.2) is 9.55 Å². The number of imidazole rings is 1. The molecule has 0 amide bonds. The van der Waals surface area contributed by atoms with Crippen LogP contribution in [0.15, 0.2) is 30.6 Å². The van der Waals surface area contributed by atoms with E-state index in [9.17, 15) is 4.39 Å². The van der Waals surface area contributed by atoms with Crippen LogP contribution >= 0.6 is 0 Å². The van der Waals surface area contributed by atoms with Gasteiger partial charge in [0.05, 0.1) is 6.04 Å². The summed E-state index contributed by atoms with van der Waals surface area (Å²) in [6.07, 6.45) is 4.68. The lowest BCUT2D eigenvalue weighted by molar-refractivity contribution is 0.537. The molecule has 3 nitrogen and oxygen atoms in total. The maximum Gasteiger partial charge on any atom is 0.203 e. The zero-order valence-electron chi connectivity index (χ0n) is 9.65. The van der Waals surface area contributed by atoms with E-state index in [-0.39, 0.29) is 11.9 Å². The minimum Gasteiger partial charge on any atom is -0.349 e. The van der Waals surface area contributed by atoms with E-state index in [0.29, 0.717) is 5.56 Å². The number of rotatable bonds is 1. The SMILES string of the molecule is Cc1ccc(C2CCn3ccnc3N2)cc1F. The molecule has 17 heavy (non-hydrogen) atoms. The van der Waals surface area contributed by atoms with E-state index in [1.807, 2.05) is 18.3 Å². The number of aromatic nitrogens is 2. The van der Waals surface area contributed by atoms with Crippen molar-refractivity contribution in [2.75, 3.05) is 5.32 Å². The first kappa shape index (κ1) is 10.3. The number of aryl methyl sites for hydroxylation is 2. The average molecular weight is 231 g/mol. The second-order valence-electron chi connectivity index (χ2n) is 4.44. The molecule has 0 aliphatic carbocycles. The molecule has 1 aromatic carbocycles.